The van der Waals surface area contributed by atoms with Crippen LogP contribution >= 0.6 is 10.7 Å². The maximum Gasteiger partial charge on any atom is 0.233 e. The first-order valence-electron chi connectivity index (χ1n) is 6.76. The number of ether oxygens (including phenoxy) is 1. The van der Waals surface area contributed by atoms with Gasteiger partial charge in [-0.05, 0) is 29.5 Å². The van der Waals surface area contributed by atoms with Crippen LogP contribution in [0.2, 0.25) is 0 Å². The quantitative estimate of drug-likeness (QED) is 0.748. The van der Waals surface area contributed by atoms with E-state index >= 15 is 0 Å². The summed E-state index contributed by atoms with van der Waals surface area (Å²) in [7, 11) is 1.85. The highest BCUT2D eigenvalue weighted by atomic mass is 35.7. The molecule has 0 saturated heterocycles. The molecule has 114 valence electrons. The molecule has 0 fully saturated rings. The van der Waals surface area contributed by atoms with E-state index in [1.54, 1.807) is 0 Å². The summed E-state index contributed by atoms with van der Waals surface area (Å²) in [6.07, 6.45) is 0.940. The minimum atomic E-state index is -3.53. The highest BCUT2D eigenvalue weighted by molar-refractivity contribution is 8.13. The fourth-order valence-corrected chi connectivity index (χ4v) is 3.37. The van der Waals surface area contributed by atoms with E-state index in [0.29, 0.717) is 6.61 Å². The summed E-state index contributed by atoms with van der Waals surface area (Å²) < 4.78 is 28.4. The molecule has 0 N–H and O–H groups in total. The lowest BCUT2D eigenvalue weighted by atomic mass is 9.82. The molecule has 1 atom stereocenters. The second-order valence-corrected chi connectivity index (χ2v) is 8.90. The highest BCUT2D eigenvalue weighted by Crippen LogP contribution is 2.29. The lowest BCUT2D eigenvalue weighted by molar-refractivity contribution is 0.163. The maximum absolute atomic E-state index is 11.3. The van der Waals surface area contributed by atoms with Crippen molar-refractivity contribution in [2.24, 2.45) is 11.3 Å². The van der Waals surface area contributed by atoms with E-state index in [9.17, 15) is 8.42 Å². The van der Waals surface area contributed by atoms with E-state index in [2.05, 4.69) is 6.92 Å². The molecule has 0 saturated carbocycles. The molecule has 0 radical (unpaired) electrons. The van der Waals surface area contributed by atoms with Gasteiger partial charge in [-0.1, -0.05) is 39.8 Å². The van der Waals surface area contributed by atoms with Crippen molar-refractivity contribution in [2.45, 2.75) is 34.1 Å². The normalized spacial score (nSPS) is 14.1. The van der Waals surface area contributed by atoms with Gasteiger partial charge in [-0.15, -0.1) is 0 Å². The maximum atomic E-state index is 11.3. The Bertz CT molecular complexity index is 532. The first-order chi connectivity index (χ1) is 9.12. The van der Waals surface area contributed by atoms with Gasteiger partial charge in [-0.25, -0.2) is 8.42 Å². The van der Waals surface area contributed by atoms with E-state index < -0.39 is 9.05 Å². The Morgan fingerprint density at radius 2 is 1.95 bits per heavy atom. The van der Waals surface area contributed by atoms with Crippen molar-refractivity contribution in [2.75, 3.05) is 12.4 Å². The van der Waals surface area contributed by atoms with Crippen LogP contribution in [0.4, 0.5) is 0 Å². The smallest absolute Gasteiger partial charge is 0.233 e. The van der Waals surface area contributed by atoms with E-state index in [1.165, 1.54) is 5.56 Å². The average molecular weight is 319 g/mol. The third-order valence-corrected chi connectivity index (χ3v) is 4.56. The summed E-state index contributed by atoms with van der Waals surface area (Å²) >= 11 is 0. The first kappa shape index (κ1) is 17.3. The average Bonchev–Trinajstić information content (AvgIpc) is 2.32. The predicted molar refractivity (Wildman–Crippen MR) is 83.9 cm³/mol. The van der Waals surface area contributed by atoms with Crippen molar-refractivity contribution < 1.29 is 13.2 Å². The lowest BCUT2D eigenvalue weighted by Gasteiger charge is -2.29. The van der Waals surface area contributed by atoms with Crippen LogP contribution in [0.15, 0.2) is 24.3 Å². The summed E-state index contributed by atoms with van der Waals surface area (Å²) in [5, 5.41) is 0. The SMILES string of the molecule is CCc1cccc(OCC(CS(=O)(=O)Cl)C(C)(C)C)c1. The van der Waals surface area contributed by atoms with Crippen LogP contribution in [0, 0.1) is 11.3 Å². The lowest BCUT2D eigenvalue weighted by Crippen LogP contribution is -2.31. The van der Waals surface area contributed by atoms with Crippen molar-refractivity contribution >= 4 is 19.7 Å². The number of rotatable bonds is 6. The van der Waals surface area contributed by atoms with Gasteiger partial charge in [0.15, 0.2) is 0 Å². The standard InChI is InChI=1S/C15H23ClO3S/c1-5-12-7-6-8-14(9-12)19-10-13(15(2,3)4)11-20(16,17)18/h6-9,13H,5,10-11H2,1-4H3. The van der Waals surface area contributed by atoms with Gasteiger partial charge in [0, 0.05) is 16.6 Å². The first-order valence-corrected chi connectivity index (χ1v) is 9.23. The van der Waals surface area contributed by atoms with E-state index in [1.807, 2.05) is 45.0 Å². The van der Waals surface area contributed by atoms with Gasteiger partial charge < -0.3 is 4.74 Å². The van der Waals surface area contributed by atoms with E-state index in [0.717, 1.165) is 12.2 Å². The Labute approximate surface area is 126 Å². The second kappa shape index (κ2) is 6.81. The van der Waals surface area contributed by atoms with Crippen molar-refractivity contribution in [3.63, 3.8) is 0 Å². The van der Waals surface area contributed by atoms with Gasteiger partial charge in [0.1, 0.15) is 5.75 Å². The Hall–Kier alpha value is -0.740. The Morgan fingerprint density at radius 1 is 1.30 bits per heavy atom. The molecule has 3 nitrogen and oxygen atoms in total. The molecule has 1 unspecified atom stereocenters. The van der Waals surface area contributed by atoms with E-state index in [4.69, 9.17) is 15.4 Å². The molecule has 0 bridgehead atoms. The van der Waals surface area contributed by atoms with Crippen LogP contribution in [0.5, 0.6) is 5.75 Å². The zero-order chi connectivity index (χ0) is 15.4. The summed E-state index contributed by atoms with van der Waals surface area (Å²) in [6.45, 7) is 8.39. The molecule has 0 aliphatic rings. The van der Waals surface area contributed by atoms with Crippen LogP contribution in [-0.4, -0.2) is 20.8 Å². The van der Waals surface area contributed by atoms with Gasteiger partial charge in [-0.2, -0.15) is 0 Å². The Kier molecular flexibility index (Phi) is 5.90. The Morgan fingerprint density at radius 3 is 2.45 bits per heavy atom. The van der Waals surface area contributed by atoms with Crippen LogP contribution < -0.4 is 4.74 Å². The zero-order valence-electron chi connectivity index (χ0n) is 12.5. The number of benzene rings is 1. The molecule has 0 aliphatic heterocycles. The van der Waals surface area contributed by atoms with Crippen molar-refractivity contribution in [3.8, 4) is 5.75 Å². The minimum absolute atomic E-state index is 0.0779. The topological polar surface area (TPSA) is 43.4 Å². The third-order valence-electron chi connectivity index (χ3n) is 3.38. The summed E-state index contributed by atoms with van der Waals surface area (Å²) in [5.74, 6) is 0.534. The minimum Gasteiger partial charge on any atom is -0.493 e. The van der Waals surface area contributed by atoms with Crippen molar-refractivity contribution in [3.05, 3.63) is 29.8 Å². The zero-order valence-corrected chi connectivity index (χ0v) is 14.1. The molecule has 1 aromatic carbocycles. The summed E-state index contributed by atoms with van der Waals surface area (Å²) in [6, 6.07) is 7.85. The van der Waals surface area contributed by atoms with Crippen LogP contribution in [0.25, 0.3) is 0 Å². The van der Waals surface area contributed by atoms with Crippen LogP contribution in [-0.2, 0) is 15.5 Å². The molecule has 5 heteroatoms. The Balaban J connectivity index is 2.76. The fraction of sp³-hybridized carbons (Fsp3) is 0.600. The van der Waals surface area contributed by atoms with E-state index in [-0.39, 0.29) is 17.1 Å². The number of hydrogen-bond donors (Lipinski definition) is 0. The van der Waals surface area contributed by atoms with Gasteiger partial charge in [0.05, 0.1) is 12.4 Å². The fourth-order valence-electron chi connectivity index (χ4n) is 1.84. The molecule has 1 aromatic rings. The number of aryl methyl sites for hydroxylation is 1. The molecule has 0 spiro atoms. The highest BCUT2D eigenvalue weighted by Gasteiger charge is 2.29. The summed E-state index contributed by atoms with van der Waals surface area (Å²) in [5.41, 5.74) is 1.00. The summed E-state index contributed by atoms with van der Waals surface area (Å²) in [4.78, 5) is 0. The van der Waals surface area contributed by atoms with Gasteiger partial charge >= 0.3 is 0 Å². The second-order valence-electron chi connectivity index (χ2n) is 6.08. The monoisotopic (exact) mass is 318 g/mol. The molecule has 0 amide bonds. The van der Waals surface area contributed by atoms with Crippen LogP contribution in [0.3, 0.4) is 0 Å². The molecule has 1 rings (SSSR count). The number of halogens is 1. The van der Waals surface area contributed by atoms with Crippen molar-refractivity contribution in [1.82, 2.24) is 0 Å². The largest absolute Gasteiger partial charge is 0.493 e. The molecular weight excluding hydrogens is 296 g/mol. The van der Waals surface area contributed by atoms with Crippen molar-refractivity contribution in [1.29, 1.82) is 0 Å². The van der Waals surface area contributed by atoms with Crippen LogP contribution in [0.1, 0.15) is 33.3 Å². The molecular formula is C15H23ClO3S. The van der Waals surface area contributed by atoms with Gasteiger partial charge in [-0.3, -0.25) is 0 Å². The third kappa shape index (κ3) is 6.14. The molecule has 20 heavy (non-hydrogen) atoms. The predicted octanol–water partition coefficient (Wildman–Crippen LogP) is 3.86. The molecule has 0 heterocycles. The van der Waals surface area contributed by atoms with Gasteiger partial charge in [0.25, 0.3) is 0 Å². The molecule has 0 aliphatic carbocycles. The molecule has 0 aromatic heterocycles. The number of hydrogen-bond acceptors (Lipinski definition) is 3. The van der Waals surface area contributed by atoms with Gasteiger partial charge in [0.2, 0.25) is 9.05 Å².